The number of tetrazole rings is 1. The van der Waals surface area contributed by atoms with Gasteiger partial charge in [-0.1, -0.05) is 18.2 Å². The number of carbonyl (C=O) groups is 1. The summed E-state index contributed by atoms with van der Waals surface area (Å²) in [6.45, 7) is 3.53. The number of imidazole rings is 1. The molecule has 30 heavy (non-hydrogen) atoms. The summed E-state index contributed by atoms with van der Waals surface area (Å²) >= 11 is 0.316. The predicted molar refractivity (Wildman–Crippen MR) is 109 cm³/mol. The van der Waals surface area contributed by atoms with Crippen LogP contribution in [0.4, 0.5) is 14.5 Å². The summed E-state index contributed by atoms with van der Waals surface area (Å²) in [6, 6.07) is 12.4. The van der Waals surface area contributed by atoms with E-state index in [0.29, 0.717) is 34.3 Å². The number of amides is 1. The highest BCUT2D eigenvalue weighted by atomic mass is 32.2. The maximum Gasteiger partial charge on any atom is 0.291 e. The van der Waals surface area contributed by atoms with Crippen LogP contribution in [0.2, 0.25) is 0 Å². The van der Waals surface area contributed by atoms with E-state index in [2.05, 4.69) is 25.8 Å². The molecule has 2 aromatic carbocycles. The number of hydrogen-bond donors (Lipinski definition) is 1. The zero-order valence-corrected chi connectivity index (χ0v) is 16.9. The fourth-order valence-electron chi connectivity index (χ4n) is 3.09. The highest BCUT2D eigenvalue weighted by Crippen LogP contribution is 2.28. The van der Waals surface area contributed by atoms with Crippen LogP contribution in [0.5, 0.6) is 0 Å². The highest BCUT2D eigenvalue weighted by Gasteiger charge is 2.18. The zero-order chi connectivity index (χ0) is 21.3. The number of nitrogens with zero attached hydrogens (tertiary/aromatic N) is 6. The molecule has 0 spiro atoms. The van der Waals surface area contributed by atoms with Gasteiger partial charge in [-0.25, -0.2) is 4.98 Å². The fraction of sp³-hybridized carbons (Fsp3) is 0.211. The van der Waals surface area contributed by atoms with E-state index in [0.717, 1.165) is 11.3 Å². The summed E-state index contributed by atoms with van der Waals surface area (Å²) in [4.78, 5) is 16.9. The number of halogens is 2. The van der Waals surface area contributed by atoms with Gasteiger partial charge in [0.25, 0.3) is 5.76 Å². The first kappa shape index (κ1) is 20.0. The number of aromatic nitrogens is 6. The zero-order valence-electron chi connectivity index (χ0n) is 16.1. The van der Waals surface area contributed by atoms with E-state index in [1.165, 1.54) is 4.57 Å². The van der Waals surface area contributed by atoms with E-state index in [1.54, 1.807) is 48.0 Å². The van der Waals surface area contributed by atoms with Gasteiger partial charge in [0.15, 0.2) is 11.0 Å². The molecule has 8 nitrogen and oxygen atoms in total. The normalized spacial score (nSPS) is 11.4. The smallest absolute Gasteiger partial charge is 0.291 e. The molecule has 0 bridgehead atoms. The molecule has 0 radical (unpaired) electrons. The van der Waals surface area contributed by atoms with E-state index in [1.807, 2.05) is 13.0 Å². The molecule has 4 aromatic rings. The number of anilines is 1. The van der Waals surface area contributed by atoms with Gasteiger partial charge in [0.1, 0.15) is 6.54 Å². The minimum atomic E-state index is -2.64. The first-order valence-corrected chi connectivity index (χ1v) is 9.86. The summed E-state index contributed by atoms with van der Waals surface area (Å²) < 4.78 is 29.0. The Labute approximate surface area is 174 Å². The summed E-state index contributed by atoms with van der Waals surface area (Å²) in [7, 11) is 0. The van der Waals surface area contributed by atoms with Crippen LogP contribution in [-0.4, -0.2) is 41.4 Å². The lowest BCUT2D eigenvalue weighted by atomic mass is 10.2. The minimum absolute atomic E-state index is 0.0928. The maximum atomic E-state index is 13.0. The molecule has 0 saturated carbocycles. The number of para-hydroxylation sites is 2. The molecule has 0 aliphatic heterocycles. The van der Waals surface area contributed by atoms with Crippen LogP contribution in [0.3, 0.4) is 0 Å². The third kappa shape index (κ3) is 4.01. The summed E-state index contributed by atoms with van der Waals surface area (Å²) in [5.74, 6) is -2.39. The quantitative estimate of drug-likeness (QED) is 0.471. The molecule has 11 heteroatoms. The predicted octanol–water partition coefficient (Wildman–Crippen LogP) is 3.58. The average molecular weight is 429 g/mol. The van der Waals surface area contributed by atoms with Crippen molar-refractivity contribution in [3.63, 3.8) is 0 Å². The maximum absolute atomic E-state index is 13.0. The first-order chi connectivity index (χ1) is 14.4. The van der Waals surface area contributed by atoms with Crippen LogP contribution in [0.25, 0.3) is 16.7 Å². The molecule has 154 valence electrons. The van der Waals surface area contributed by atoms with Crippen LogP contribution in [0.15, 0.2) is 47.6 Å². The first-order valence-electron chi connectivity index (χ1n) is 8.98. The average Bonchev–Trinajstić information content (AvgIpc) is 3.27. The number of alkyl halides is 2. The monoisotopic (exact) mass is 429 g/mol. The molecular weight excluding hydrogens is 412 g/mol. The third-order valence-corrected chi connectivity index (χ3v) is 5.16. The molecule has 2 heterocycles. The Balaban J connectivity index is 1.60. The SMILES string of the molecule is Cc1ccc(NC(=O)Cn2c(SC(F)F)nc3ccccc32)cc1-n1nnnc1C. The van der Waals surface area contributed by atoms with Crippen LogP contribution in [-0.2, 0) is 11.3 Å². The van der Waals surface area contributed by atoms with Gasteiger partial charge in [-0.3, -0.25) is 4.79 Å². The van der Waals surface area contributed by atoms with Crippen LogP contribution in [0.1, 0.15) is 11.4 Å². The molecule has 0 saturated heterocycles. The van der Waals surface area contributed by atoms with Crippen molar-refractivity contribution in [2.75, 3.05) is 5.32 Å². The van der Waals surface area contributed by atoms with Gasteiger partial charge in [0, 0.05) is 5.69 Å². The lowest BCUT2D eigenvalue weighted by Gasteiger charge is -2.12. The standard InChI is InChI=1S/C19H17F2N7OS/c1-11-7-8-13(9-16(11)28-12(2)24-25-26-28)22-17(29)10-27-15-6-4-3-5-14(15)23-19(27)30-18(20)21/h3-9,18H,10H2,1-2H3,(H,22,29). The van der Waals surface area contributed by atoms with E-state index in [4.69, 9.17) is 0 Å². The molecule has 0 atom stereocenters. The summed E-state index contributed by atoms with van der Waals surface area (Å²) in [5.41, 5.74) is 3.38. The van der Waals surface area contributed by atoms with Gasteiger partial charge in [0.05, 0.1) is 16.7 Å². The van der Waals surface area contributed by atoms with Gasteiger partial charge in [-0.2, -0.15) is 13.5 Å². The number of nitrogens with one attached hydrogen (secondary N) is 1. The molecule has 0 fully saturated rings. The van der Waals surface area contributed by atoms with Crippen molar-refractivity contribution in [2.45, 2.75) is 31.3 Å². The molecule has 0 aliphatic rings. The largest absolute Gasteiger partial charge is 0.324 e. The highest BCUT2D eigenvalue weighted by molar-refractivity contribution is 7.99. The number of aryl methyl sites for hydroxylation is 2. The van der Waals surface area contributed by atoms with Crippen molar-refractivity contribution in [2.24, 2.45) is 0 Å². The Hall–Kier alpha value is -3.34. The topological polar surface area (TPSA) is 90.5 Å². The Morgan fingerprint density at radius 1 is 1.20 bits per heavy atom. The van der Waals surface area contributed by atoms with Gasteiger partial charge in [-0.15, -0.1) is 5.10 Å². The van der Waals surface area contributed by atoms with Crippen molar-refractivity contribution >= 4 is 34.4 Å². The van der Waals surface area contributed by atoms with E-state index in [9.17, 15) is 13.6 Å². The molecule has 1 N–H and O–H groups in total. The Morgan fingerprint density at radius 2 is 2.00 bits per heavy atom. The Kier molecular flexibility index (Phi) is 5.44. The second-order valence-electron chi connectivity index (χ2n) is 6.54. The summed E-state index contributed by atoms with van der Waals surface area (Å²) in [5, 5.41) is 14.4. The number of fused-ring (bicyclic) bond motifs is 1. The van der Waals surface area contributed by atoms with Crippen molar-refractivity contribution in [1.29, 1.82) is 0 Å². The molecular formula is C19H17F2N7OS. The molecule has 1 amide bonds. The van der Waals surface area contributed by atoms with E-state index < -0.39 is 5.76 Å². The van der Waals surface area contributed by atoms with Gasteiger partial charge in [-0.05, 0) is 65.9 Å². The number of benzene rings is 2. The number of rotatable bonds is 6. The third-order valence-electron chi connectivity index (χ3n) is 4.46. The molecule has 2 aromatic heterocycles. The minimum Gasteiger partial charge on any atom is -0.324 e. The van der Waals surface area contributed by atoms with Crippen molar-refractivity contribution < 1.29 is 13.6 Å². The fourth-order valence-corrected chi connectivity index (χ4v) is 3.69. The second-order valence-corrected chi connectivity index (χ2v) is 7.49. The Morgan fingerprint density at radius 3 is 2.73 bits per heavy atom. The lowest BCUT2D eigenvalue weighted by Crippen LogP contribution is -2.19. The van der Waals surface area contributed by atoms with Crippen LogP contribution in [0, 0.1) is 13.8 Å². The van der Waals surface area contributed by atoms with Crippen molar-refractivity contribution in [3.8, 4) is 5.69 Å². The van der Waals surface area contributed by atoms with Crippen molar-refractivity contribution in [1.82, 2.24) is 29.8 Å². The van der Waals surface area contributed by atoms with Gasteiger partial charge in [0.2, 0.25) is 5.91 Å². The van der Waals surface area contributed by atoms with Gasteiger partial charge < -0.3 is 9.88 Å². The van der Waals surface area contributed by atoms with Crippen LogP contribution >= 0.6 is 11.8 Å². The molecule has 4 rings (SSSR count). The van der Waals surface area contributed by atoms with E-state index >= 15 is 0 Å². The summed E-state index contributed by atoms with van der Waals surface area (Å²) in [6.07, 6.45) is 0. The van der Waals surface area contributed by atoms with Crippen molar-refractivity contribution in [3.05, 3.63) is 53.9 Å². The molecule has 0 unspecified atom stereocenters. The lowest BCUT2D eigenvalue weighted by molar-refractivity contribution is -0.116. The van der Waals surface area contributed by atoms with E-state index in [-0.39, 0.29) is 17.6 Å². The number of carbonyl (C=O) groups excluding carboxylic acids is 1. The number of thioether (sulfide) groups is 1. The Bertz CT molecular complexity index is 1220. The number of hydrogen-bond acceptors (Lipinski definition) is 6. The second kappa shape index (κ2) is 8.19. The van der Waals surface area contributed by atoms with Gasteiger partial charge >= 0.3 is 0 Å². The molecule has 0 aliphatic carbocycles. The van der Waals surface area contributed by atoms with Crippen LogP contribution < -0.4 is 5.32 Å².